The third kappa shape index (κ3) is 2.83. The maximum Gasteiger partial charge on any atom is 0.253 e. The molecule has 0 fully saturated rings. The molecule has 0 atom stereocenters. The first-order chi connectivity index (χ1) is 5.72. The van der Waals surface area contributed by atoms with Crippen molar-refractivity contribution in [2.45, 2.75) is 4.90 Å². The standard InChI is InChI=1S/C8H4INOS/c9-8(11)12-7-3-1-2-6(4-7)5-10/h1-4H. The lowest BCUT2D eigenvalue weighted by atomic mass is 10.2. The smallest absolute Gasteiger partial charge is 0.253 e. The van der Waals surface area contributed by atoms with Crippen molar-refractivity contribution >= 4 is 37.5 Å². The topological polar surface area (TPSA) is 40.9 Å². The zero-order valence-corrected chi connectivity index (χ0v) is 8.93. The monoisotopic (exact) mass is 289 g/mol. The first-order valence-corrected chi connectivity index (χ1v) is 4.99. The van der Waals surface area contributed by atoms with Crippen LogP contribution in [0.5, 0.6) is 0 Å². The van der Waals surface area contributed by atoms with Crippen LogP contribution in [0.1, 0.15) is 5.56 Å². The van der Waals surface area contributed by atoms with E-state index in [1.807, 2.05) is 12.1 Å². The fourth-order valence-electron chi connectivity index (χ4n) is 0.722. The molecule has 2 nitrogen and oxygen atoms in total. The Labute approximate surface area is 88.1 Å². The van der Waals surface area contributed by atoms with E-state index >= 15 is 0 Å². The number of hydrogen-bond acceptors (Lipinski definition) is 3. The first kappa shape index (κ1) is 9.55. The van der Waals surface area contributed by atoms with Crippen LogP contribution in [-0.2, 0) is 0 Å². The average molecular weight is 289 g/mol. The second-order valence-corrected chi connectivity index (χ2v) is 4.74. The van der Waals surface area contributed by atoms with Crippen molar-refractivity contribution in [3.05, 3.63) is 29.8 Å². The molecule has 0 aliphatic rings. The minimum Gasteiger partial charge on any atom is -0.275 e. The Balaban J connectivity index is 2.88. The van der Waals surface area contributed by atoms with Gasteiger partial charge in [-0.1, -0.05) is 6.07 Å². The van der Waals surface area contributed by atoms with Crippen LogP contribution in [0.25, 0.3) is 0 Å². The number of halogens is 1. The van der Waals surface area contributed by atoms with E-state index in [1.54, 1.807) is 40.8 Å². The van der Waals surface area contributed by atoms with Gasteiger partial charge in [-0.05, 0) is 30.0 Å². The molecule has 4 heteroatoms. The molecule has 0 saturated carbocycles. The molecular formula is C8H4INOS. The molecule has 1 aromatic carbocycles. The van der Waals surface area contributed by atoms with Crippen molar-refractivity contribution in [3.8, 4) is 6.07 Å². The fourth-order valence-corrected chi connectivity index (χ4v) is 2.00. The Morgan fingerprint density at radius 3 is 2.92 bits per heavy atom. The van der Waals surface area contributed by atoms with E-state index in [0.29, 0.717) is 5.56 Å². The van der Waals surface area contributed by atoms with Gasteiger partial charge in [-0.15, -0.1) is 0 Å². The van der Waals surface area contributed by atoms with Gasteiger partial charge in [0.15, 0.2) is 0 Å². The van der Waals surface area contributed by atoms with Crippen molar-refractivity contribution < 1.29 is 4.79 Å². The van der Waals surface area contributed by atoms with Crippen molar-refractivity contribution in [1.29, 1.82) is 5.26 Å². The number of carbonyl (C=O) groups is 1. The van der Waals surface area contributed by atoms with Gasteiger partial charge >= 0.3 is 0 Å². The number of benzene rings is 1. The third-order valence-electron chi connectivity index (χ3n) is 1.16. The summed E-state index contributed by atoms with van der Waals surface area (Å²) in [4.78, 5) is 11.5. The molecule has 0 N–H and O–H groups in total. The highest BCUT2D eigenvalue weighted by atomic mass is 127. The lowest BCUT2D eigenvalue weighted by molar-refractivity contribution is 0.278. The SMILES string of the molecule is N#Cc1cccc(SC(=O)I)c1. The highest BCUT2D eigenvalue weighted by Crippen LogP contribution is 2.23. The molecule has 0 aromatic heterocycles. The summed E-state index contributed by atoms with van der Waals surface area (Å²) in [6.45, 7) is 0. The lowest BCUT2D eigenvalue weighted by Gasteiger charge is -1.94. The minimum atomic E-state index is 0.00249. The van der Waals surface area contributed by atoms with Crippen molar-refractivity contribution in [2.75, 3.05) is 0 Å². The normalized spacial score (nSPS) is 9.00. The molecule has 0 bridgehead atoms. The van der Waals surface area contributed by atoms with Crippen LogP contribution in [0, 0.1) is 11.3 Å². The molecule has 1 rings (SSSR count). The molecule has 12 heavy (non-hydrogen) atoms. The van der Waals surface area contributed by atoms with Gasteiger partial charge in [0.25, 0.3) is 3.12 Å². The average Bonchev–Trinajstić information content (AvgIpc) is 2.03. The summed E-state index contributed by atoms with van der Waals surface area (Å²) in [7, 11) is 0. The van der Waals surface area contributed by atoms with E-state index in [-0.39, 0.29) is 3.12 Å². The van der Waals surface area contributed by atoms with E-state index in [9.17, 15) is 4.79 Å². The van der Waals surface area contributed by atoms with Gasteiger partial charge in [0.05, 0.1) is 11.6 Å². The number of thioether (sulfide) groups is 1. The van der Waals surface area contributed by atoms with Gasteiger partial charge in [-0.3, -0.25) is 4.79 Å². The summed E-state index contributed by atoms with van der Waals surface area (Å²) in [5.74, 6) is 0. The number of rotatable bonds is 1. The highest BCUT2D eigenvalue weighted by Gasteiger charge is 1.99. The van der Waals surface area contributed by atoms with Gasteiger partial charge in [0.2, 0.25) is 0 Å². The summed E-state index contributed by atoms with van der Waals surface area (Å²) in [5, 5.41) is 8.55. The van der Waals surface area contributed by atoms with E-state index < -0.39 is 0 Å². The maximum atomic E-state index is 10.7. The van der Waals surface area contributed by atoms with Crippen LogP contribution in [0.3, 0.4) is 0 Å². The second kappa shape index (κ2) is 4.48. The van der Waals surface area contributed by atoms with E-state index in [0.717, 1.165) is 16.7 Å². The van der Waals surface area contributed by atoms with Gasteiger partial charge in [-0.2, -0.15) is 5.26 Å². The van der Waals surface area contributed by atoms with Crippen molar-refractivity contribution in [3.63, 3.8) is 0 Å². The maximum absolute atomic E-state index is 10.7. The number of carbonyl (C=O) groups excluding carboxylic acids is 1. The Morgan fingerprint density at radius 2 is 2.33 bits per heavy atom. The second-order valence-electron chi connectivity index (χ2n) is 1.98. The summed E-state index contributed by atoms with van der Waals surface area (Å²) in [6, 6.07) is 8.99. The molecule has 0 heterocycles. The van der Waals surface area contributed by atoms with Crippen molar-refractivity contribution in [2.24, 2.45) is 0 Å². The van der Waals surface area contributed by atoms with Crippen LogP contribution in [0.2, 0.25) is 0 Å². The zero-order valence-electron chi connectivity index (χ0n) is 5.95. The minimum absolute atomic E-state index is 0.00249. The molecule has 0 spiro atoms. The molecule has 0 aliphatic carbocycles. The van der Waals surface area contributed by atoms with E-state index in [1.165, 1.54) is 0 Å². The summed E-state index contributed by atoms with van der Waals surface area (Å²) in [6.07, 6.45) is 0. The van der Waals surface area contributed by atoms with Gasteiger partial charge < -0.3 is 0 Å². The molecule has 0 unspecified atom stereocenters. The zero-order chi connectivity index (χ0) is 8.97. The van der Waals surface area contributed by atoms with Crippen LogP contribution >= 0.6 is 34.4 Å². The molecule has 60 valence electrons. The van der Waals surface area contributed by atoms with Gasteiger partial charge in [0.1, 0.15) is 0 Å². The van der Waals surface area contributed by atoms with Crippen LogP contribution in [-0.4, -0.2) is 3.12 Å². The predicted molar refractivity (Wildman–Crippen MR) is 56.4 cm³/mol. The Kier molecular flexibility index (Phi) is 3.56. The van der Waals surface area contributed by atoms with Gasteiger partial charge in [0, 0.05) is 27.5 Å². The van der Waals surface area contributed by atoms with Gasteiger partial charge in [-0.25, -0.2) is 0 Å². The molecule has 0 aliphatic heterocycles. The molecule has 0 radical (unpaired) electrons. The largest absolute Gasteiger partial charge is 0.275 e. The Morgan fingerprint density at radius 1 is 1.58 bits per heavy atom. The summed E-state index contributed by atoms with van der Waals surface area (Å²) >= 11 is 2.84. The molecule has 0 saturated heterocycles. The number of hydrogen-bond donors (Lipinski definition) is 0. The molecule has 0 amide bonds. The van der Waals surface area contributed by atoms with E-state index in [2.05, 4.69) is 0 Å². The summed E-state index contributed by atoms with van der Waals surface area (Å²) in [5.41, 5.74) is 0.581. The lowest BCUT2D eigenvalue weighted by Crippen LogP contribution is -1.77. The molecule has 1 aromatic rings. The molecular weight excluding hydrogens is 285 g/mol. The van der Waals surface area contributed by atoms with Crippen LogP contribution < -0.4 is 0 Å². The van der Waals surface area contributed by atoms with Crippen molar-refractivity contribution in [1.82, 2.24) is 0 Å². The van der Waals surface area contributed by atoms with E-state index in [4.69, 9.17) is 5.26 Å². The summed E-state index contributed by atoms with van der Waals surface area (Å²) < 4.78 is 0.00249. The number of nitrogens with zero attached hydrogens (tertiary/aromatic N) is 1. The fraction of sp³-hybridized carbons (Fsp3) is 0. The third-order valence-corrected chi connectivity index (χ3v) is 2.47. The quantitative estimate of drug-likeness (QED) is 0.453. The number of nitriles is 1. The van der Waals surface area contributed by atoms with Crippen LogP contribution in [0.4, 0.5) is 4.79 Å². The highest BCUT2D eigenvalue weighted by molar-refractivity contribution is 14.1. The predicted octanol–water partition coefficient (Wildman–Crippen LogP) is 3.21. The first-order valence-electron chi connectivity index (χ1n) is 3.10. The van der Waals surface area contributed by atoms with Crippen LogP contribution in [0.15, 0.2) is 29.2 Å². The Hall–Kier alpha value is -0.540. The Bertz CT molecular complexity index is 345.